The van der Waals surface area contributed by atoms with Crippen molar-refractivity contribution >= 4 is 17.5 Å². The van der Waals surface area contributed by atoms with E-state index in [1.165, 1.54) is 11.0 Å². The third-order valence-corrected chi connectivity index (χ3v) is 4.58. The van der Waals surface area contributed by atoms with Gasteiger partial charge in [0, 0.05) is 30.3 Å². The second-order valence-corrected chi connectivity index (χ2v) is 6.38. The van der Waals surface area contributed by atoms with Crippen LogP contribution in [0.25, 0.3) is 0 Å². The average molecular weight is 369 g/mol. The van der Waals surface area contributed by atoms with Crippen LogP contribution in [0.2, 0.25) is 0 Å². The maximum atomic E-state index is 13.3. The number of hydrogen-bond donors (Lipinski definition) is 1. The van der Waals surface area contributed by atoms with Gasteiger partial charge in [0.1, 0.15) is 0 Å². The minimum Gasteiger partial charge on any atom is -0.339 e. The van der Waals surface area contributed by atoms with E-state index in [0.717, 1.165) is 12.1 Å². The lowest BCUT2D eigenvalue weighted by Crippen LogP contribution is -2.41. The zero-order valence-electron chi connectivity index (χ0n) is 14.4. The molecule has 0 aromatic heterocycles. The highest BCUT2D eigenvalue weighted by atomic mass is 19.2. The molecule has 2 aromatic rings. The number of benzene rings is 2. The standard InChI is InChI=1S/C20H17F2N3O2/c21-17-5-4-15(11-18(17)22)20(27)25-8-6-14(7-9-25)19(26)24-16-3-1-2-13(10-16)12-23/h1-5,10-11,14H,6-9H2,(H,24,26). The maximum Gasteiger partial charge on any atom is 0.253 e. The smallest absolute Gasteiger partial charge is 0.253 e. The highest BCUT2D eigenvalue weighted by molar-refractivity contribution is 5.95. The van der Waals surface area contributed by atoms with E-state index in [9.17, 15) is 18.4 Å². The highest BCUT2D eigenvalue weighted by Gasteiger charge is 2.28. The second kappa shape index (κ2) is 7.96. The molecule has 0 unspecified atom stereocenters. The lowest BCUT2D eigenvalue weighted by atomic mass is 9.95. The van der Waals surface area contributed by atoms with Crippen molar-refractivity contribution in [1.82, 2.24) is 4.90 Å². The molecule has 7 heteroatoms. The van der Waals surface area contributed by atoms with Crippen LogP contribution in [0.3, 0.4) is 0 Å². The molecule has 1 aliphatic rings. The molecule has 2 aromatic carbocycles. The van der Waals surface area contributed by atoms with E-state index in [0.29, 0.717) is 37.2 Å². The van der Waals surface area contributed by atoms with Crippen molar-refractivity contribution in [1.29, 1.82) is 5.26 Å². The van der Waals surface area contributed by atoms with Gasteiger partial charge in [-0.3, -0.25) is 9.59 Å². The number of anilines is 1. The van der Waals surface area contributed by atoms with Crippen LogP contribution in [0, 0.1) is 28.9 Å². The van der Waals surface area contributed by atoms with Gasteiger partial charge in [0.25, 0.3) is 5.91 Å². The summed E-state index contributed by atoms with van der Waals surface area (Å²) in [4.78, 5) is 26.3. The fourth-order valence-electron chi connectivity index (χ4n) is 3.07. The van der Waals surface area contributed by atoms with Gasteiger partial charge >= 0.3 is 0 Å². The van der Waals surface area contributed by atoms with Gasteiger partial charge in [-0.25, -0.2) is 8.78 Å². The topological polar surface area (TPSA) is 73.2 Å². The number of carbonyl (C=O) groups is 2. The first-order valence-electron chi connectivity index (χ1n) is 8.53. The van der Waals surface area contributed by atoms with Gasteiger partial charge < -0.3 is 10.2 Å². The Bertz CT molecular complexity index is 916. The van der Waals surface area contributed by atoms with Crippen LogP contribution in [0.1, 0.15) is 28.8 Å². The van der Waals surface area contributed by atoms with Gasteiger partial charge in [-0.05, 0) is 49.2 Å². The number of rotatable bonds is 3. The summed E-state index contributed by atoms with van der Waals surface area (Å²) in [6.07, 6.45) is 0.943. The number of halogens is 2. The molecule has 0 aliphatic carbocycles. The van der Waals surface area contributed by atoms with Gasteiger partial charge in [-0.1, -0.05) is 6.07 Å². The van der Waals surface area contributed by atoms with Crippen LogP contribution in [0.15, 0.2) is 42.5 Å². The van der Waals surface area contributed by atoms with Gasteiger partial charge in [0.2, 0.25) is 5.91 Å². The third kappa shape index (κ3) is 4.29. The Morgan fingerprint density at radius 3 is 2.48 bits per heavy atom. The quantitative estimate of drug-likeness (QED) is 0.902. The Kier molecular flexibility index (Phi) is 5.46. The molecule has 3 rings (SSSR count). The number of nitrogens with one attached hydrogen (secondary N) is 1. The summed E-state index contributed by atoms with van der Waals surface area (Å²) < 4.78 is 26.3. The molecule has 1 heterocycles. The van der Waals surface area contributed by atoms with Crippen molar-refractivity contribution < 1.29 is 18.4 Å². The van der Waals surface area contributed by atoms with Gasteiger partial charge in [0.15, 0.2) is 11.6 Å². The van der Waals surface area contributed by atoms with E-state index in [1.807, 2.05) is 6.07 Å². The van der Waals surface area contributed by atoms with E-state index in [4.69, 9.17) is 5.26 Å². The number of amides is 2. The maximum absolute atomic E-state index is 13.3. The molecule has 1 aliphatic heterocycles. The monoisotopic (exact) mass is 369 g/mol. The van der Waals surface area contributed by atoms with Crippen molar-refractivity contribution in [3.8, 4) is 6.07 Å². The largest absolute Gasteiger partial charge is 0.339 e. The Morgan fingerprint density at radius 1 is 1.07 bits per heavy atom. The average Bonchev–Trinajstić information content (AvgIpc) is 2.69. The van der Waals surface area contributed by atoms with E-state index in [2.05, 4.69) is 5.32 Å². The molecule has 1 saturated heterocycles. The van der Waals surface area contributed by atoms with Crippen LogP contribution >= 0.6 is 0 Å². The van der Waals surface area contributed by atoms with Crippen LogP contribution in [-0.4, -0.2) is 29.8 Å². The van der Waals surface area contributed by atoms with Crippen LogP contribution < -0.4 is 5.32 Å². The Balaban J connectivity index is 1.57. The van der Waals surface area contributed by atoms with Crippen LogP contribution in [0.4, 0.5) is 14.5 Å². The SMILES string of the molecule is N#Cc1cccc(NC(=O)C2CCN(C(=O)c3ccc(F)c(F)c3)CC2)c1. The normalized spacial score (nSPS) is 14.5. The van der Waals surface area contributed by atoms with Crippen molar-refractivity contribution in [2.24, 2.45) is 5.92 Å². The number of piperidine rings is 1. The lowest BCUT2D eigenvalue weighted by molar-refractivity contribution is -0.121. The molecule has 5 nitrogen and oxygen atoms in total. The number of nitriles is 1. The summed E-state index contributed by atoms with van der Waals surface area (Å²) in [6, 6.07) is 11.7. The highest BCUT2D eigenvalue weighted by Crippen LogP contribution is 2.22. The van der Waals surface area contributed by atoms with E-state index >= 15 is 0 Å². The predicted octanol–water partition coefficient (Wildman–Crippen LogP) is 3.33. The van der Waals surface area contributed by atoms with Crippen molar-refractivity contribution in [3.05, 3.63) is 65.2 Å². The van der Waals surface area contributed by atoms with E-state index < -0.39 is 11.6 Å². The van der Waals surface area contributed by atoms with Gasteiger partial charge in [-0.2, -0.15) is 5.26 Å². The number of likely N-dealkylation sites (tertiary alicyclic amines) is 1. The summed E-state index contributed by atoms with van der Waals surface area (Å²) in [5.41, 5.74) is 1.10. The lowest BCUT2D eigenvalue weighted by Gasteiger charge is -2.31. The number of hydrogen-bond acceptors (Lipinski definition) is 3. The third-order valence-electron chi connectivity index (χ3n) is 4.58. The zero-order chi connectivity index (χ0) is 19.4. The molecule has 1 fully saturated rings. The fraction of sp³-hybridized carbons (Fsp3) is 0.250. The molecule has 1 N–H and O–H groups in total. The Labute approximate surface area is 155 Å². The summed E-state index contributed by atoms with van der Waals surface area (Å²) in [5.74, 6) is -2.86. The molecular weight excluding hydrogens is 352 g/mol. The molecule has 0 radical (unpaired) electrons. The van der Waals surface area contributed by atoms with Gasteiger partial charge in [0.05, 0.1) is 11.6 Å². The summed E-state index contributed by atoms with van der Waals surface area (Å²) in [6.45, 7) is 0.711. The van der Waals surface area contributed by atoms with Crippen LogP contribution in [0.5, 0.6) is 0 Å². The van der Waals surface area contributed by atoms with Gasteiger partial charge in [-0.15, -0.1) is 0 Å². The Morgan fingerprint density at radius 2 is 1.81 bits per heavy atom. The minimum atomic E-state index is -1.06. The minimum absolute atomic E-state index is 0.0881. The first-order valence-corrected chi connectivity index (χ1v) is 8.53. The van der Waals surface area contributed by atoms with Crippen LogP contribution in [-0.2, 0) is 4.79 Å². The van der Waals surface area contributed by atoms with Crippen molar-refractivity contribution in [3.63, 3.8) is 0 Å². The Hall–Kier alpha value is -3.27. The number of nitrogens with zero attached hydrogens (tertiary/aromatic N) is 2. The first kappa shape index (κ1) is 18.5. The summed E-state index contributed by atoms with van der Waals surface area (Å²) in [5, 5.41) is 11.7. The molecule has 27 heavy (non-hydrogen) atoms. The molecule has 0 spiro atoms. The van der Waals surface area contributed by atoms with E-state index in [1.54, 1.807) is 24.3 Å². The first-order chi connectivity index (χ1) is 13.0. The fourth-order valence-corrected chi connectivity index (χ4v) is 3.07. The molecule has 2 amide bonds. The summed E-state index contributed by atoms with van der Waals surface area (Å²) >= 11 is 0. The summed E-state index contributed by atoms with van der Waals surface area (Å²) in [7, 11) is 0. The zero-order valence-corrected chi connectivity index (χ0v) is 14.4. The molecule has 0 saturated carbocycles. The van der Waals surface area contributed by atoms with Crippen molar-refractivity contribution in [2.45, 2.75) is 12.8 Å². The van der Waals surface area contributed by atoms with Crippen molar-refractivity contribution in [2.75, 3.05) is 18.4 Å². The predicted molar refractivity (Wildman–Crippen MR) is 94.8 cm³/mol. The molecular formula is C20H17F2N3O2. The number of carbonyl (C=O) groups excluding carboxylic acids is 2. The molecule has 138 valence electrons. The molecule has 0 bridgehead atoms. The second-order valence-electron chi connectivity index (χ2n) is 6.38. The molecule has 0 atom stereocenters. The van der Waals surface area contributed by atoms with E-state index in [-0.39, 0.29) is 23.3 Å².